The molecule has 0 aromatic carbocycles. The predicted octanol–water partition coefficient (Wildman–Crippen LogP) is 1.96. The first-order valence-electron chi connectivity index (χ1n) is 8.30. The Hall–Kier alpha value is -2.29. The maximum Gasteiger partial charge on any atom is 0.358 e. The van der Waals surface area contributed by atoms with Gasteiger partial charge in [0.2, 0.25) is 5.91 Å². The second-order valence-corrected chi connectivity index (χ2v) is 7.44. The number of carboxylic acids is 1. The van der Waals surface area contributed by atoms with Crippen LogP contribution in [0.2, 0.25) is 0 Å². The third-order valence-electron chi connectivity index (χ3n) is 4.31. The summed E-state index contributed by atoms with van der Waals surface area (Å²) in [5, 5.41) is 19.3. The molecule has 3 rings (SSSR count). The molecule has 1 fully saturated rings. The van der Waals surface area contributed by atoms with Crippen molar-refractivity contribution in [2.24, 2.45) is 0 Å². The first-order chi connectivity index (χ1) is 11.9. The molecule has 1 N–H and O–H groups in total. The normalized spacial score (nSPS) is 17.9. The van der Waals surface area contributed by atoms with Gasteiger partial charge in [0.25, 0.3) is 0 Å². The van der Waals surface area contributed by atoms with Gasteiger partial charge in [-0.2, -0.15) is 0 Å². The number of amides is 1. The van der Waals surface area contributed by atoms with E-state index >= 15 is 0 Å². The van der Waals surface area contributed by atoms with E-state index in [4.69, 9.17) is 10.1 Å². The quantitative estimate of drug-likeness (QED) is 0.871. The number of carboxylic acid groups (broad SMARTS) is 1. The van der Waals surface area contributed by atoms with Gasteiger partial charge in [0.05, 0.1) is 16.9 Å². The second kappa shape index (κ2) is 7.30. The monoisotopic (exact) mass is 363 g/mol. The SMILES string of the molecule is CC(C)c1csc(C2CCCN(C(=O)Cn3cc(C(=O)O)nn3)C2)n1. The van der Waals surface area contributed by atoms with Crippen LogP contribution in [-0.2, 0) is 11.3 Å². The van der Waals surface area contributed by atoms with Crippen LogP contribution in [0.15, 0.2) is 11.6 Å². The number of piperidine rings is 1. The van der Waals surface area contributed by atoms with E-state index in [9.17, 15) is 9.59 Å². The molecule has 0 bridgehead atoms. The molecule has 0 radical (unpaired) electrons. The molecule has 1 atom stereocenters. The first kappa shape index (κ1) is 17.5. The molecule has 0 spiro atoms. The number of nitrogens with zero attached hydrogens (tertiary/aromatic N) is 5. The minimum atomic E-state index is -1.15. The number of aromatic nitrogens is 4. The fourth-order valence-electron chi connectivity index (χ4n) is 2.87. The molecule has 9 heteroatoms. The zero-order valence-electron chi connectivity index (χ0n) is 14.3. The van der Waals surface area contributed by atoms with E-state index in [-0.39, 0.29) is 24.1 Å². The van der Waals surface area contributed by atoms with E-state index in [2.05, 4.69) is 29.5 Å². The largest absolute Gasteiger partial charge is 0.476 e. The Morgan fingerprint density at radius 1 is 1.44 bits per heavy atom. The van der Waals surface area contributed by atoms with E-state index in [0.717, 1.165) is 23.5 Å². The van der Waals surface area contributed by atoms with Crippen molar-refractivity contribution in [3.8, 4) is 0 Å². The maximum atomic E-state index is 12.5. The summed E-state index contributed by atoms with van der Waals surface area (Å²) >= 11 is 1.67. The Morgan fingerprint density at radius 2 is 2.24 bits per heavy atom. The summed E-state index contributed by atoms with van der Waals surface area (Å²) in [5.74, 6) is -0.559. The highest BCUT2D eigenvalue weighted by Crippen LogP contribution is 2.30. The maximum absolute atomic E-state index is 12.5. The number of rotatable bonds is 5. The Balaban J connectivity index is 1.63. The third kappa shape index (κ3) is 4.04. The molecular formula is C16H21N5O3S. The van der Waals surface area contributed by atoms with Crippen molar-refractivity contribution < 1.29 is 14.7 Å². The van der Waals surface area contributed by atoms with Gasteiger partial charge >= 0.3 is 5.97 Å². The molecule has 1 aliphatic heterocycles. The summed E-state index contributed by atoms with van der Waals surface area (Å²) in [5.41, 5.74) is 0.945. The molecule has 0 saturated carbocycles. The number of hydrogen-bond donors (Lipinski definition) is 1. The number of hydrogen-bond acceptors (Lipinski definition) is 6. The van der Waals surface area contributed by atoms with Crippen molar-refractivity contribution in [1.29, 1.82) is 0 Å². The molecular weight excluding hydrogens is 342 g/mol. The van der Waals surface area contributed by atoms with Crippen molar-refractivity contribution in [2.45, 2.75) is 45.1 Å². The van der Waals surface area contributed by atoms with Crippen LogP contribution in [0.3, 0.4) is 0 Å². The van der Waals surface area contributed by atoms with E-state index < -0.39 is 5.97 Å². The summed E-state index contributed by atoms with van der Waals surface area (Å²) < 4.78 is 1.27. The average Bonchev–Trinajstić information content (AvgIpc) is 3.24. The van der Waals surface area contributed by atoms with Crippen LogP contribution in [0.5, 0.6) is 0 Å². The predicted molar refractivity (Wildman–Crippen MR) is 91.7 cm³/mol. The number of likely N-dealkylation sites (tertiary alicyclic amines) is 1. The lowest BCUT2D eigenvalue weighted by atomic mass is 9.98. The van der Waals surface area contributed by atoms with Gasteiger partial charge in [-0.3, -0.25) is 4.79 Å². The molecule has 1 aliphatic rings. The summed E-state index contributed by atoms with van der Waals surface area (Å²) in [7, 11) is 0. The van der Waals surface area contributed by atoms with Crippen LogP contribution in [0.1, 0.15) is 59.7 Å². The summed E-state index contributed by atoms with van der Waals surface area (Å²) in [6, 6.07) is 0. The van der Waals surface area contributed by atoms with Crippen LogP contribution in [0.4, 0.5) is 0 Å². The molecule has 1 saturated heterocycles. The Kier molecular flexibility index (Phi) is 5.12. The van der Waals surface area contributed by atoms with Crippen LogP contribution < -0.4 is 0 Å². The minimum Gasteiger partial charge on any atom is -0.476 e. The molecule has 25 heavy (non-hydrogen) atoms. The van der Waals surface area contributed by atoms with Crippen LogP contribution in [0, 0.1) is 0 Å². The van der Waals surface area contributed by atoms with Crippen LogP contribution in [0.25, 0.3) is 0 Å². The number of carbonyl (C=O) groups is 2. The lowest BCUT2D eigenvalue weighted by Crippen LogP contribution is -2.40. The van der Waals surface area contributed by atoms with Gasteiger partial charge in [0.15, 0.2) is 5.69 Å². The first-order valence-corrected chi connectivity index (χ1v) is 9.18. The smallest absolute Gasteiger partial charge is 0.358 e. The zero-order valence-corrected chi connectivity index (χ0v) is 15.1. The number of aromatic carboxylic acids is 1. The molecule has 2 aromatic rings. The van der Waals surface area contributed by atoms with Gasteiger partial charge in [0, 0.05) is 24.4 Å². The lowest BCUT2D eigenvalue weighted by molar-refractivity contribution is -0.133. The topological polar surface area (TPSA) is 101 Å². The van der Waals surface area contributed by atoms with E-state index in [1.165, 1.54) is 10.9 Å². The molecule has 8 nitrogen and oxygen atoms in total. The summed E-state index contributed by atoms with van der Waals surface area (Å²) in [6.45, 7) is 5.60. The van der Waals surface area contributed by atoms with Gasteiger partial charge in [-0.15, -0.1) is 16.4 Å². The minimum absolute atomic E-state index is 0.00210. The highest BCUT2D eigenvalue weighted by molar-refractivity contribution is 7.09. The highest BCUT2D eigenvalue weighted by atomic mass is 32.1. The van der Waals surface area contributed by atoms with Crippen molar-refractivity contribution in [3.63, 3.8) is 0 Å². The standard InChI is InChI=1S/C16H21N5O3S/c1-10(2)13-9-25-15(17-13)11-4-3-5-20(6-11)14(22)8-21-7-12(16(23)24)18-19-21/h7,9-11H,3-6,8H2,1-2H3,(H,23,24). The number of thiazole rings is 1. The zero-order chi connectivity index (χ0) is 18.0. The van der Waals surface area contributed by atoms with Crippen molar-refractivity contribution in [3.05, 3.63) is 28.0 Å². The van der Waals surface area contributed by atoms with Crippen LogP contribution >= 0.6 is 11.3 Å². The Morgan fingerprint density at radius 3 is 2.88 bits per heavy atom. The molecule has 0 aliphatic carbocycles. The van der Waals surface area contributed by atoms with E-state index in [1.807, 2.05) is 4.90 Å². The van der Waals surface area contributed by atoms with Gasteiger partial charge in [-0.05, 0) is 18.8 Å². The lowest BCUT2D eigenvalue weighted by Gasteiger charge is -2.31. The Labute approximate surface area is 149 Å². The molecule has 134 valence electrons. The van der Waals surface area contributed by atoms with Gasteiger partial charge in [-0.1, -0.05) is 19.1 Å². The fraction of sp³-hybridized carbons (Fsp3) is 0.562. The van der Waals surface area contributed by atoms with Gasteiger partial charge in [0.1, 0.15) is 6.54 Å². The molecule has 2 aromatic heterocycles. The van der Waals surface area contributed by atoms with Crippen molar-refractivity contribution in [1.82, 2.24) is 24.9 Å². The fourth-order valence-corrected chi connectivity index (χ4v) is 3.98. The van der Waals surface area contributed by atoms with E-state index in [0.29, 0.717) is 19.0 Å². The van der Waals surface area contributed by atoms with Gasteiger partial charge < -0.3 is 10.0 Å². The second-order valence-electron chi connectivity index (χ2n) is 6.55. The summed E-state index contributed by atoms with van der Waals surface area (Å²) in [6.07, 6.45) is 3.24. The number of carbonyl (C=O) groups excluding carboxylic acids is 1. The highest BCUT2D eigenvalue weighted by Gasteiger charge is 2.27. The Bertz CT molecular complexity index is 769. The van der Waals surface area contributed by atoms with Gasteiger partial charge in [-0.25, -0.2) is 14.5 Å². The summed E-state index contributed by atoms with van der Waals surface area (Å²) in [4.78, 5) is 29.9. The molecule has 1 amide bonds. The third-order valence-corrected chi connectivity index (χ3v) is 5.34. The van der Waals surface area contributed by atoms with Crippen molar-refractivity contribution >= 4 is 23.2 Å². The van der Waals surface area contributed by atoms with Crippen molar-refractivity contribution in [2.75, 3.05) is 13.1 Å². The molecule has 3 heterocycles. The average molecular weight is 363 g/mol. The van der Waals surface area contributed by atoms with E-state index in [1.54, 1.807) is 11.3 Å². The van der Waals surface area contributed by atoms with Crippen LogP contribution in [-0.4, -0.2) is 55.0 Å². The molecule has 1 unspecified atom stereocenters.